The first-order chi connectivity index (χ1) is 23.3. The molecule has 2 saturated heterocycles. The lowest BCUT2D eigenvalue weighted by atomic mass is 10.2. The van der Waals surface area contributed by atoms with Gasteiger partial charge < -0.3 is 20.3 Å². The lowest BCUT2D eigenvalue weighted by molar-refractivity contribution is -0.0435. The second-order valence-electron chi connectivity index (χ2n) is 11.5. The molecule has 0 unspecified atom stereocenters. The highest BCUT2D eigenvalue weighted by molar-refractivity contribution is 7.99. The summed E-state index contributed by atoms with van der Waals surface area (Å²) in [7, 11) is -10.8. The number of hydrogen-bond donors (Lipinski definition) is 3. The second-order valence-corrected chi connectivity index (χ2v) is 16.2. The Labute approximate surface area is 288 Å². The van der Waals surface area contributed by atoms with Crippen LogP contribution in [0.1, 0.15) is 16.8 Å². The Morgan fingerprint density at radius 3 is 2.24 bits per heavy atom. The van der Waals surface area contributed by atoms with Crippen molar-refractivity contribution in [1.82, 2.24) is 14.9 Å². The normalized spacial score (nSPS) is 17.0. The van der Waals surface area contributed by atoms with Gasteiger partial charge in [-0.15, -0.1) is 11.8 Å². The highest BCUT2D eigenvalue weighted by Gasteiger charge is 2.48. The van der Waals surface area contributed by atoms with Crippen molar-refractivity contribution in [2.24, 2.45) is 0 Å². The van der Waals surface area contributed by atoms with Crippen molar-refractivity contribution < 1.29 is 39.5 Å². The Kier molecular flexibility index (Phi) is 12.1. The number of amides is 1. The first-order valence-electron chi connectivity index (χ1n) is 15.7. The molecule has 3 aromatic rings. The molecule has 2 fully saturated rings. The van der Waals surface area contributed by atoms with E-state index in [-0.39, 0.29) is 5.56 Å². The predicted octanol–water partition coefficient (Wildman–Crippen LogP) is 3.80. The number of nitrogens with one attached hydrogen (secondary N) is 3. The molecule has 49 heavy (non-hydrogen) atoms. The zero-order valence-corrected chi connectivity index (χ0v) is 28.9. The molecule has 1 amide bonds. The van der Waals surface area contributed by atoms with Gasteiger partial charge in [-0.3, -0.25) is 9.69 Å². The highest BCUT2D eigenvalue weighted by Crippen LogP contribution is 2.36. The molecule has 0 radical (unpaired) electrons. The van der Waals surface area contributed by atoms with Gasteiger partial charge in [-0.05, 0) is 61.0 Å². The Balaban J connectivity index is 1.39. The lowest BCUT2D eigenvalue weighted by Crippen LogP contribution is -2.43. The fourth-order valence-electron chi connectivity index (χ4n) is 5.42. The first-order valence-corrected chi connectivity index (χ1v) is 19.6. The topological polar surface area (TPSA) is 137 Å². The third-order valence-electron chi connectivity index (χ3n) is 8.15. The summed E-state index contributed by atoms with van der Waals surface area (Å²) >= 11 is 1.45. The third-order valence-corrected chi connectivity index (χ3v) is 12.2. The summed E-state index contributed by atoms with van der Waals surface area (Å²) in [6.45, 7) is 6.16. The molecular formula is C32H38F3N5O6S3. The predicted molar refractivity (Wildman–Crippen MR) is 182 cm³/mol. The maximum absolute atomic E-state index is 14.0. The van der Waals surface area contributed by atoms with E-state index in [1.807, 2.05) is 35.1 Å². The average Bonchev–Trinajstić information content (AvgIpc) is 3.10. The van der Waals surface area contributed by atoms with Gasteiger partial charge in [0.05, 0.1) is 23.8 Å². The number of thioether (sulfide) groups is 1. The number of carbonyl (C=O) groups excluding carboxylic acids is 1. The monoisotopic (exact) mass is 741 g/mol. The van der Waals surface area contributed by atoms with E-state index < -0.39 is 52.8 Å². The highest BCUT2D eigenvalue weighted by atomic mass is 32.2. The minimum Gasteiger partial charge on any atom is -0.380 e. The van der Waals surface area contributed by atoms with Crippen molar-refractivity contribution >= 4 is 48.9 Å². The number of ether oxygens (including phenoxy) is 1. The van der Waals surface area contributed by atoms with Gasteiger partial charge in [0.25, 0.3) is 25.8 Å². The summed E-state index contributed by atoms with van der Waals surface area (Å²) in [6, 6.07) is 17.5. The fourth-order valence-corrected chi connectivity index (χ4v) is 8.43. The van der Waals surface area contributed by atoms with Crippen molar-refractivity contribution in [2.45, 2.75) is 32.7 Å². The molecule has 0 aliphatic carbocycles. The maximum Gasteiger partial charge on any atom is 0.501 e. The van der Waals surface area contributed by atoms with E-state index in [0.717, 1.165) is 48.9 Å². The quantitative estimate of drug-likeness (QED) is 0.221. The zero-order chi connectivity index (χ0) is 35.1. The van der Waals surface area contributed by atoms with E-state index in [0.29, 0.717) is 51.1 Å². The molecule has 11 nitrogen and oxygen atoms in total. The van der Waals surface area contributed by atoms with E-state index in [9.17, 15) is 34.8 Å². The number of benzene rings is 3. The molecular weight excluding hydrogens is 704 g/mol. The lowest BCUT2D eigenvalue weighted by Gasteiger charge is -2.29. The molecule has 2 aliphatic heterocycles. The van der Waals surface area contributed by atoms with Crippen molar-refractivity contribution in [2.75, 3.05) is 75.0 Å². The van der Waals surface area contributed by atoms with Crippen LogP contribution in [0.15, 0.2) is 87.5 Å². The summed E-state index contributed by atoms with van der Waals surface area (Å²) in [5, 5.41) is 6.20. The van der Waals surface area contributed by atoms with E-state index in [1.54, 1.807) is 12.1 Å². The fraction of sp³-hybridized carbons (Fsp3) is 0.406. The summed E-state index contributed by atoms with van der Waals surface area (Å²) in [6.07, 6.45) is 0.453. The largest absolute Gasteiger partial charge is 0.501 e. The Morgan fingerprint density at radius 2 is 1.59 bits per heavy atom. The molecule has 0 bridgehead atoms. The molecule has 0 saturated carbocycles. The molecule has 2 aliphatic rings. The summed E-state index contributed by atoms with van der Waals surface area (Å²) < 4.78 is 101. The molecule has 17 heteroatoms. The number of piperazine rings is 1. The Hall–Kier alpha value is -3.35. The number of rotatable bonds is 13. The number of alkyl halides is 3. The molecule has 2 heterocycles. The van der Waals surface area contributed by atoms with Crippen molar-refractivity contribution in [3.63, 3.8) is 0 Å². The van der Waals surface area contributed by atoms with Crippen molar-refractivity contribution in [3.8, 4) is 0 Å². The number of halogens is 3. The number of carbonyl (C=O) groups is 1. The van der Waals surface area contributed by atoms with Crippen LogP contribution in [0, 0.1) is 0 Å². The summed E-state index contributed by atoms with van der Waals surface area (Å²) in [4.78, 5) is 16.0. The van der Waals surface area contributed by atoms with Crippen LogP contribution in [0.2, 0.25) is 0 Å². The summed E-state index contributed by atoms with van der Waals surface area (Å²) in [5.41, 5.74) is -5.27. The van der Waals surface area contributed by atoms with Crippen molar-refractivity contribution in [3.05, 3.63) is 78.4 Å². The summed E-state index contributed by atoms with van der Waals surface area (Å²) in [5.74, 6) is -0.640. The smallest absolute Gasteiger partial charge is 0.380 e. The van der Waals surface area contributed by atoms with Gasteiger partial charge >= 0.3 is 5.51 Å². The van der Waals surface area contributed by atoms with Crippen LogP contribution in [0.4, 0.5) is 24.5 Å². The van der Waals surface area contributed by atoms with Crippen LogP contribution < -0.4 is 20.3 Å². The number of hydrogen-bond acceptors (Lipinski definition) is 11. The second kappa shape index (κ2) is 16.1. The zero-order valence-electron chi connectivity index (χ0n) is 26.5. The number of nitrogens with zero attached hydrogens (tertiary/aromatic N) is 2. The van der Waals surface area contributed by atoms with Crippen LogP contribution in [0.5, 0.6) is 0 Å². The minimum absolute atomic E-state index is 0.00269. The van der Waals surface area contributed by atoms with Gasteiger partial charge in [0.2, 0.25) is 0 Å². The molecule has 0 spiro atoms. The number of anilines is 2. The molecule has 5 rings (SSSR count). The van der Waals surface area contributed by atoms with Gasteiger partial charge in [0, 0.05) is 73.8 Å². The van der Waals surface area contributed by atoms with Gasteiger partial charge in [0.1, 0.15) is 4.90 Å². The number of sulfonamides is 1. The van der Waals surface area contributed by atoms with Gasteiger partial charge in [-0.2, -0.15) is 13.2 Å². The number of sulfone groups is 1. The van der Waals surface area contributed by atoms with Crippen LogP contribution in [0.25, 0.3) is 0 Å². The molecule has 1 atom stereocenters. The Morgan fingerprint density at radius 1 is 0.918 bits per heavy atom. The standard InChI is InChI=1S/C32H38F3N5O6S3/c33-32(34,35)48(42,43)30-22-28(49(44,45)38-31(41)24-6-8-26(9-7-24)40-16-13-36-14-17-40)10-11-29(30)37-25(12-15-39-18-20-46-21-19-39)23-47-27-4-2-1-3-5-27/h1-11,22,25,36-37H,12-21,23H2,(H,38,41)/t25-/m1/s1. The van der Waals surface area contributed by atoms with E-state index in [2.05, 4.69) is 20.4 Å². The molecule has 3 N–H and O–H groups in total. The minimum atomic E-state index is -6.02. The van der Waals surface area contributed by atoms with Crippen molar-refractivity contribution in [1.29, 1.82) is 0 Å². The Bertz CT molecular complexity index is 1790. The van der Waals surface area contributed by atoms with E-state index in [4.69, 9.17) is 4.74 Å². The van der Waals surface area contributed by atoms with Crippen LogP contribution >= 0.6 is 11.8 Å². The SMILES string of the molecule is O=C(NS(=O)(=O)c1ccc(N[C@H](CCN2CCOCC2)CSc2ccccc2)c(S(=O)(=O)C(F)(F)F)c1)c1ccc(N2CCNCC2)cc1. The van der Waals surface area contributed by atoms with E-state index >= 15 is 0 Å². The maximum atomic E-state index is 14.0. The molecule has 3 aromatic carbocycles. The average molecular weight is 742 g/mol. The molecule has 0 aromatic heterocycles. The van der Waals surface area contributed by atoms with E-state index in [1.165, 1.54) is 23.9 Å². The van der Waals surface area contributed by atoms with Gasteiger partial charge in [-0.1, -0.05) is 18.2 Å². The van der Waals surface area contributed by atoms with Crippen LogP contribution in [-0.2, 0) is 24.6 Å². The third kappa shape index (κ3) is 9.67. The molecule has 266 valence electrons. The first kappa shape index (κ1) is 36.9. The van der Waals surface area contributed by atoms with Gasteiger partial charge in [-0.25, -0.2) is 21.6 Å². The van der Waals surface area contributed by atoms with Gasteiger partial charge in [0.15, 0.2) is 0 Å². The van der Waals surface area contributed by atoms with Crippen LogP contribution in [-0.4, -0.2) is 104 Å². The van der Waals surface area contributed by atoms with Crippen LogP contribution in [0.3, 0.4) is 0 Å². The number of morpholine rings is 1.